The molecule has 2 aromatic carbocycles. The standard InChI is InChI=1S/C18H12ClF3O4/c19-13-5-4-11(14(8-13)18(20,21)22)6-10-2-1-3-12(7-10)15(23)9-16(24)17(25)26/h1-5,7-8H,6,9H2,(H,25,26). The average Bonchev–Trinajstić information content (AvgIpc) is 2.55. The van der Waals surface area contributed by atoms with Crippen molar-refractivity contribution in [1.29, 1.82) is 0 Å². The molecule has 0 atom stereocenters. The van der Waals surface area contributed by atoms with Crippen LogP contribution >= 0.6 is 11.6 Å². The number of aliphatic carboxylic acids is 1. The van der Waals surface area contributed by atoms with Crippen LogP contribution in [0.5, 0.6) is 0 Å². The molecule has 26 heavy (non-hydrogen) atoms. The van der Waals surface area contributed by atoms with Crippen molar-refractivity contribution in [2.75, 3.05) is 0 Å². The van der Waals surface area contributed by atoms with E-state index in [-0.39, 0.29) is 22.6 Å². The van der Waals surface area contributed by atoms with Gasteiger partial charge in [0.15, 0.2) is 5.78 Å². The van der Waals surface area contributed by atoms with Crippen LogP contribution in [-0.4, -0.2) is 22.6 Å². The fraction of sp³-hybridized carbons (Fsp3) is 0.167. The van der Waals surface area contributed by atoms with Gasteiger partial charge in [0, 0.05) is 10.6 Å². The number of ketones is 2. The number of benzene rings is 2. The Morgan fingerprint density at radius 1 is 1.04 bits per heavy atom. The summed E-state index contributed by atoms with van der Waals surface area (Å²) in [5.41, 5.74) is -0.429. The van der Waals surface area contributed by atoms with E-state index in [1.807, 2.05) is 0 Å². The number of hydrogen-bond donors (Lipinski definition) is 1. The second-order valence-corrected chi connectivity index (χ2v) is 5.94. The molecule has 0 spiro atoms. The maximum Gasteiger partial charge on any atom is 0.416 e. The minimum absolute atomic E-state index is 0.0203. The molecule has 2 rings (SSSR count). The van der Waals surface area contributed by atoms with Gasteiger partial charge in [-0.1, -0.05) is 35.9 Å². The molecule has 1 N–H and O–H groups in total. The molecule has 0 heterocycles. The van der Waals surface area contributed by atoms with Crippen LogP contribution in [-0.2, 0) is 22.2 Å². The maximum atomic E-state index is 13.2. The lowest BCUT2D eigenvalue weighted by Gasteiger charge is -2.13. The van der Waals surface area contributed by atoms with E-state index in [2.05, 4.69) is 0 Å². The molecule has 0 bridgehead atoms. The van der Waals surface area contributed by atoms with E-state index in [4.69, 9.17) is 16.7 Å². The molecule has 8 heteroatoms. The summed E-state index contributed by atoms with van der Waals surface area (Å²) in [7, 11) is 0. The Labute approximate surface area is 151 Å². The van der Waals surface area contributed by atoms with Gasteiger partial charge in [-0.25, -0.2) is 4.79 Å². The number of hydrogen-bond acceptors (Lipinski definition) is 3. The van der Waals surface area contributed by atoms with Crippen molar-refractivity contribution in [3.63, 3.8) is 0 Å². The normalized spacial score (nSPS) is 11.2. The van der Waals surface area contributed by atoms with Gasteiger partial charge in [0.25, 0.3) is 0 Å². The first-order valence-electron chi connectivity index (χ1n) is 7.32. The molecule has 0 saturated heterocycles. The Kier molecular flexibility index (Phi) is 5.82. The predicted molar refractivity (Wildman–Crippen MR) is 87.3 cm³/mol. The summed E-state index contributed by atoms with van der Waals surface area (Å²) in [6, 6.07) is 9.12. The lowest BCUT2D eigenvalue weighted by molar-refractivity contribution is -0.148. The Bertz CT molecular complexity index is 875. The van der Waals surface area contributed by atoms with Gasteiger partial charge in [-0.2, -0.15) is 13.2 Å². The van der Waals surface area contributed by atoms with Gasteiger partial charge < -0.3 is 5.11 Å². The summed E-state index contributed by atoms with van der Waals surface area (Å²) in [4.78, 5) is 33.6. The van der Waals surface area contributed by atoms with Gasteiger partial charge in [0.1, 0.15) is 0 Å². The van der Waals surface area contributed by atoms with Crippen LogP contribution in [0.25, 0.3) is 0 Å². The molecule has 0 saturated carbocycles. The smallest absolute Gasteiger partial charge is 0.416 e. The van der Waals surface area contributed by atoms with Gasteiger partial charge >= 0.3 is 12.1 Å². The second kappa shape index (κ2) is 7.70. The number of carboxylic acid groups (broad SMARTS) is 1. The second-order valence-electron chi connectivity index (χ2n) is 5.50. The topological polar surface area (TPSA) is 71.4 Å². The summed E-state index contributed by atoms with van der Waals surface area (Å²) in [6.45, 7) is 0. The summed E-state index contributed by atoms with van der Waals surface area (Å²) in [5.74, 6) is -3.69. The molecule has 0 aliphatic rings. The van der Waals surface area contributed by atoms with Crippen molar-refractivity contribution >= 4 is 29.1 Å². The fourth-order valence-corrected chi connectivity index (χ4v) is 2.54. The highest BCUT2D eigenvalue weighted by atomic mass is 35.5. The molecule has 4 nitrogen and oxygen atoms in total. The highest BCUT2D eigenvalue weighted by Crippen LogP contribution is 2.34. The predicted octanol–water partition coefficient (Wildman–Crippen LogP) is 4.18. The van der Waals surface area contributed by atoms with Crippen molar-refractivity contribution < 1.29 is 32.7 Å². The Hall–Kier alpha value is -2.67. The molecule has 0 unspecified atom stereocenters. The van der Waals surface area contributed by atoms with Gasteiger partial charge in [-0.3, -0.25) is 9.59 Å². The van der Waals surface area contributed by atoms with Crippen molar-refractivity contribution in [2.24, 2.45) is 0 Å². The third-order valence-electron chi connectivity index (χ3n) is 3.58. The third-order valence-corrected chi connectivity index (χ3v) is 3.82. The molecule has 136 valence electrons. The van der Waals surface area contributed by atoms with Gasteiger partial charge in [0.2, 0.25) is 5.78 Å². The number of carbonyl (C=O) groups is 3. The first kappa shape index (κ1) is 19.7. The average molecular weight is 385 g/mol. The fourth-order valence-electron chi connectivity index (χ4n) is 2.36. The molecule has 0 aromatic heterocycles. The Balaban J connectivity index is 2.29. The van der Waals surface area contributed by atoms with E-state index in [0.717, 1.165) is 6.07 Å². The highest BCUT2D eigenvalue weighted by molar-refractivity contribution is 6.37. The summed E-state index contributed by atoms with van der Waals surface area (Å²) in [5, 5.41) is 8.49. The number of Topliss-reactive ketones (excluding diaryl/α,β-unsaturated/α-hetero) is 2. The van der Waals surface area contributed by atoms with Gasteiger partial charge in [0.05, 0.1) is 12.0 Å². The largest absolute Gasteiger partial charge is 0.475 e. The Morgan fingerprint density at radius 3 is 2.35 bits per heavy atom. The first-order chi connectivity index (χ1) is 12.1. The van der Waals surface area contributed by atoms with E-state index in [0.29, 0.717) is 5.56 Å². The molecule has 0 aliphatic carbocycles. The molecule has 0 fully saturated rings. The third kappa shape index (κ3) is 4.92. The van der Waals surface area contributed by atoms with Crippen LogP contribution in [0.1, 0.15) is 33.5 Å². The van der Waals surface area contributed by atoms with Crippen LogP contribution in [0.15, 0.2) is 42.5 Å². The van der Waals surface area contributed by atoms with E-state index in [9.17, 15) is 27.6 Å². The number of halogens is 4. The number of alkyl halides is 3. The zero-order valence-corrected chi connectivity index (χ0v) is 13.9. The summed E-state index contributed by atoms with van der Waals surface area (Å²) < 4.78 is 39.5. The molecule has 0 aliphatic heterocycles. The molecule has 2 aromatic rings. The van der Waals surface area contributed by atoms with Crippen LogP contribution < -0.4 is 0 Å². The molecular formula is C18H12ClF3O4. The summed E-state index contributed by atoms with van der Waals surface area (Å²) in [6.07, 6.45) is -5.50. The van der Waals surface area contributed by atoms with Gasteiger partial charge in [-0.05, 0) is 35.7 Å². The van der Waals surface area contributed by atoms with E-state index < -0.39 is 35.7 Å². The van der Waals surface area contributed by atoms with E-state index >= 15 is 0 Å². The van der Waals surface area contributed by atoms with Crippen molar-refractivity contribution in [1.82, 2.24) is 0 Å². The van der Waals surface area contributed by atoms with Gasteiger partial charge in [-0.15, -0.1) is 0 Å². The monoisotopic (exact) mass is 384 g/mol. The maximum absolute atomic E-state index is 13.2. The number of carbonyl (C=O) groups excluding carboxylic acids is 2. The molecule has 0 amide bonds. The first-order valence-corrected chi connectivity index (χ1v) is 7.69. The highest BCUT2D eigenvalue weighted by Gasteiger charge is 2.33. The van der Waals surface area contributed by atoms with Crippen molar-refractivity contribution in [3.05, 3.63) is 69.7 Å². The zero-order chi connectivity index (χ0) is 19.5. The van der Waals surface area contributed by atoms with Crippen molar-refractivity contribution in [2.45, 2.75) is 19.0 Å². The van der Waals surface area contributed by atoms with Crippen molar-refractivity contribution in [3.8, 4) is 0 Å². The van der Waals surface area contributed by atoms with Crippen LogP contribution in [0.2, 0.25) is 5.02 Å². The van der Waals surface area contributed by atoms with Crippen LogP contribution in [0.4, 0.5) is 13.2 Å². The minimum Gasteiger partial charge on any atom is -0.475 e. The quantitative estimate of drug-likeness (QED) is 0.461. The Morgan fingerprint density at radius 2 is 1.73 bits per heavy atom. The minimum atomic E-state index is -4.58. The van der Waals surface area contributed by atoms with E-state index in [1.54, 1.807) is 0 Å². The van der Waals surface area contributed by atoms with Crippen LogP contribution in [0.3, 0.4) is 0 Å². The molecular weight excluding hydrogens is 373 g/mol. The molecule has 0 radical (unpaired) electrons. The lowest BCUT2D eigenvalue weighted by Crippen LogP contribution is -2.17. The van der Waals surface area contributed by atoms with Crippen LogP contribution in [0, 0.1) is 0 Å². The lowest BCUT2D eigenvalue weighted by atomic mass is 9.96. The van der Waals surface area contributed by atoms with E-state index in [1.165, 1.54) is 36.4 Å². The zero-order valence-electron chi connectivity index (χ0n) is 13.1. The SMILES string of the molecule is O=C(O)C(=O)CC(=O)c1cccc(Cc2ccc(Cl)cc2C(F)(F)F)c1. The summed E-state index contributed by atoms with van der Waals surface area (Å²) >= 11 is 5.64. The number of rotatable bonds is 6. The number of carboxylic acids is 1.